The minimum absolute atomic E-state index is 0.0315. The number of likely N-dealkylation sites (tertiary alicyclic amines) is 1. The zero-order valence-electron chi connectivity index (χ0n) is 14.2. The number of aromatic nitrogens is 2. The average Bonchev–Trinajstić information content (AvgIpc) is 3.07. The summed E-state index contributed by atoms with van der Waals surface area (Å²) >= 11 is 0. The van der Waals surface area contributed by atoms with Gasteiger partial charge in [0.1, 0.15) is 5.75 Å². The molecule has 0 spiro atoms. The number of rotatable bonds is 3. The van der Waals surface area contributed by atoms with E-state index in [-0.39, 0.29) is 17.9 Å². The first kappa shape index (κ1) is 14.9. The second kappa shape index (κ2) is 5.58. The van der Waals surface area contributed by atoms with E-state index in [1.54, 1.807) is 0 Å². The number of ether oxygens (including phenoxy) is 1. The highest BCUT2D eigenvalue weighted by Gasteiger charge is 2.43. The molecule has 25 heavy (non-hydrogen) atoms. The van der Waals surface area contributed by atoms with E-state index in [9.17, 15) is 4.79 Å². The molecule has 130 valence electrons. The third-order valence-electron chi connectivity index (χ3n) is 5.58. The molecule has 1 aromatic carbocycles. The minimum Gasteiger partial charge on any atom is -0.480 e. The maximum Gasteiger partial charge on any atom is 0.264 e. The molecule has 2 aromatic rings. The van der Waals surface area contributed by atoms with Crippen molar-refractivity contribution in [3.05, 3.63) is 41.5 Å². The lowest BCUT2D eigenvalue weighted by molar-refractivity contribution is -0.139. The average molecular weight is 339 g/mol. The number of hydrogen-bond donors (Lipinski definition) is 0. The van der Waals surface area contributed by atoms with E-state index >= 15 is 0 Å². The first-order chi connectivity index (χ1) is 12.2. The molecule has 2 aliphatic heterocycles. The van der Waals surface area contributed by atoms with Crippen LogP contribution in [0.4, 0.5) is 0 Å². The maximum atomic E-state index is 13.2. The Morgan fingerprint density at radius 1 is 1.24 bits per heavy atom. The highest BCUT2D eigenvalue weighted by Crippen LogP contribution is 2.42. The van der Waals surface area contributed by atoms with Gasteiger partial charge in [0.05, 0.1) is 6.04 Å². The Morgan fingerprint density at radius 2 is 2.08 bits per heavy atom. The molecule has 1 saturated carbocycles. The van der Waals surface area contributed by atoms with Crippen LogP contribution in [0.3, 0.4) is 0 Å². The van der Waals surface area contributed by atoms with E-state index in [4.69, 9.17) is 9.26 Å². The van der Waals surface area contributed by atoms with Crippen molar-refractivity contribution in [2.24, 2.45) is 0 Å². The van der Waals surface area contributed by atoms with Crippen LogP contribution in [0.25, 0.3) is 0 Å². The highest BCUT2D eigenvalue weighted by atomic mass is 16.5. The molecule has 2 fully saturated rings. The first-order valence-electron chi connectivity index (χ1n) is 9.12. The van der Waals surface area contributed by atoms with Crippen LogP contribution in [0.2, 0.25) is 0 Å². The lowest BCUT2D eigenvalue weighted by Gasteiger charge is -2.26. The van der Waals surface area contributed by atoms with Crippen molar-refractivity contribution in [3.63, 3.8) is 0 Å². The lowest BCUT2D eigenvalue weighted by atomic mass is 9.96. The van der Waals surface area contributed by atoms with Crippen LogP contribution in [0.15, 0.2) is 28.8 Å². The number of carbonyl (C=O) groups excluding carboxylic acids is 1. The number of para-hydroxylation sites is 1. The summed E-state index contributed by atoms with van der Waals surface area (Å²) in [6.07, 6.45) is 3.62. The normalized spacial score (nSPS) is 28.0. The van der Waals surface area contributed by atoms with E-state index in [0.717, 1.165) is 49.4 Å². The van der Waals surface area contributed by atoms with Crippen molar-refractivity contribution in [1.82, 2.24) is 15.0 Å². The van der Waals surface area contributed by atoms with E-state index < -0.39 is 6.10 Å². The van der Waals surface area contributed by atoms with Gasteiger partial charge in [0.25, 0.3) is 5.91 Å². The minimum atomic E-state index is -0.465. The summed E-state index contributed by atoms with van der Waals surface area (Å²) in [6.45, 7) is 2.78. The van der Waals surface area contributed by atoms with Crippen molar-refractivity contribution in [2.75, 3.05) is 6.54 Å². The Hall–Kier alpha value is -2.37. The van der Waals surface area contributed by atoms with Gasteiger partial charge in [-0.3, -0.25) is 4.79 Å². The second-order valence-corrected chi connectivity index (χ2v) is 7.32. The van der Waals surface area contributed by atoms with Crippen molar-refractivity contribution in [3.8, 4) is 5.75 Å². The van der Waals surface area contributed by atoms with Gasteiger partial charge in [0.15, 0.2) is 11.9 Å². The number of fused-ring (bicyclic) bond motifs is 1. The predicted molar refractivity (Wildman–Crippen MR) is 89.2 cm³/mol. The number of hydrogen-bond acceptors (Lipinski definition) is 5. The topological polar surface area (TPSA) is 68.5 Å². The molecule has 3 aliphatic rings. The molecule has 6 heteroatoms. The van der Waals surface area contributed by atoms with E-state index in [0.29, 0.717) is 11.7 Å². The van der Waals surface area contributed by atoms with Gasteiger partial charge in [-0.25, -0.2) is 0 Å². The second-order valence-electron chi connectivity index (χ2n) is 7.32. The monoisotopic (exact) mass is 339 g/mol. The zero-order valence-corrected chi connectivity index (χ0v) is 14.2. The fraction of sp³-hybridized carbons (Fsp3) is 0.526. The number of carbonyl (C=O) groups is 1. The molecule has 1 aliphatic carbocycles. The third kappa shape index (κ3) is 2.42. The largest absolute Gasteiger partial charge is 0.480 e. The molecule has 0 bridgehead atoms. The molecule has 3 atom stereocenters. The molecule has 5 rings (SSSR count). The van der Waals surface area contributed by atoms with Crippen molar-refractivity contribution >= 4 is 5.91 Å². The van der Waals surface area contributed by atoms with Gasteiger partial charge < -0.3 is 14.2 Å². The predicted octanol–water partition coefficient (Wildman–Crippen LogP) is 3.18. The van der Waals surface area contributed by atoms with Crippen molar-refractivity contribution in [2.45, 2.75) is 56.6 Å². The molecule has 1 amide bonds. The Balaban J connectivity index is 1.37. The van der Waals surface area contributed by atoms with Crippen LogP contribution < -0.4 is 4.74 Å². The highest BCUT2D eigenvalue weighted by molar-refractivity contribution is 5.84. The summed E-state index contributed by atoms with van der Waals surface area (Å²) in [4.78, 5) is 19.6. The zero-order chi connectivity index (χ0) is 17.0. The molecule has 3 heterocycles. The summed E-state index contributed by atoms with van der Waals surface area (Å²) in [5.74, 6) is 2.71. The van der Waals surface area contributed by atoms with E-state index in [1.165, 1.54) is 0 Å². The molecular weight excluding hydrogens is 318 g/mol. The molecule has 0 radical (unpaired) electrons. The molecule has 6 nitrogen and oxygen atoms in total. The Kier molecular flexibility index (Phi) is 3.33. The van der Waals surface area contributed by atoms with Gasteiger partial charge >= 0.3 is 0 Å². The summed E-state index contributed by atoms with van der Waals surface area (Å²) in [5.41, 5.74) is 1.10. The van der Waals surface area contributed by atoms with E-state index in [2.05, 4.69) is 17.1 Å². The third-order valence-corrected chi connectivity index (χ3v) is 5.58. The summed E-state index contributed by atoms with van der Waals surface area (Å²) in [6, 6.07) is 7.80. The number of benzene rings is 1. The fourth-order valence-electron chi connectivity index (χ4n) is 3.97. The summed E-state index contributed by atoms with van der Waals surface area (Å²) in [7, 11) is 0. The SMILES string of the molecule is C[C@@H]1c2ccccc2O[C@@H]1C(=O)N1CCC[C@H]1c1noc(C2CC2)n1. The Morgan fingerprint density at radius 3 is 2.88 bits per heavy atom. The van der Waals surface area contributed by atoms with Gasteiger partial charge in [-0.2, -0.15) is 4.98 Å². The summed E-state index contributed by atoms with van der Waals surface area (Å²) < 4.78 is 11.4. The Bertz CT molecular complexity index is 814. The smallest absolute Gasteiger partial charge is 0.264 e. The first-order valence-corrected chi connectivity index (χ1v) is 9.12. The van der Waals surface area contributed by atoms with Gasteiger partial charge in [-0.05, 0) is 31.7 Å². The quantitative estimate of drug-likeness (QED) is 0.859. The van der Waals surface area contributed by atoms with Crippen LogP contribution in [-0.2, 0) is 4.79 Å². The van der Waals surface area contributed by atoms with Gasteiger partial charge in [-0.1, -0.05) is 30.3 Å². The van der Waals surface area contributed by atoms with E-state index in [1.807, 2.05) is 29.2 Å². The number of amides is 1. The Labute approximate surface area is 146 Å². The molecule has 1 aromatic heterocycles. The van der Waals surface area contributed by atoms with Gasteiger partial charge in [-0.15, -0.1) is 0 Å². The van der Waals surface area contributed by atoms with Crippen LogP contribution in [0.1, 0.15) is 67.8 Å². The maximum absolute atomic E-state index is 13.2. The molecule has 1 saturated heterocycles. The standard InChI is InChI=1S/C19H21N3O3/c1-11-13-5-2-3-7-15(13)24-16(11)19(23)22-10-4-6-14(22)17-20-18(25-21-17)12-8-9-12/h2-3,5,7,11-12,14,16H,4,6,8-10H2,1H3/t11-,14+,16+/m1/s1. The summed E-state index contributed by atoms with van der Waals surface area (Å²) in [5, 5.41) is 4.16. The lowest BCUT2D eigenvalue weighted by Crippen LogP contribution is -2.42. The fourth-order valence-corrected chi connectivity index (χ4v) is 3.97. The van der Waals surface area contributed by atoms with Crippen LogP contribution in [0.5, 0.6) is 5.75 Å². The van der Waals surface area contributed by atoms with Crippen molar-refractivity contribution < 1.29 is 14.1 Å². The molecular formula is C19H21N3O3. The van der Waals surface area contributed by atoms with Crippen LogP contribution >= 0.6 is 0 Å². The van der Waals surface area contributed by atoms with Gasteiger partial charge in [0, 0.05) is 23.9 Å². The molecule has 0 unspecified atom stereocenters. The van der Waals surface area contributed by atoms with Crippen LogP contribution in [-0.4, -0.2) is 33.6 Å². The van der Waals surface area contributed by atoms with Crippen molar-refractivity contribution in [1.29, 1.82) is 0 Å². The number of nitrogens with zero attached hydrogens (tertiary/aromatic N) is 3. The molecule has 0 N–H and O–H groups in total. The van der Waals surface area contributed by atoms with Crippen LogP contribution in [0, 0.1) is 0 Å². The van der Waals surface area contributed by atoms with Gasteiger partial charge in [0.2, 0.25) is 5.89 Å².